The number of hydrogen-bond acceptors (Lipinski definition) is 4. The first-order valence-corrected chi connectivity index (χ1v) is 6.19. The highest BCUT2D eigenvalue weighted by Gasteiger charge is 2.35. The van der Waals surface area contributed by atoms with Crippen LogP contribution in [-0.2, 0) is 9.53 Å². The SMILES string of the molecule is O=CC1(CN2CCCC(O)C2)CCCOC1. The number of aliphatic hydroxyl groups excluding tert-OH is 1. The summed E-state index contributed by atoms with van der Waals surface area (Å²) >= 11 is 0. The van der Waals surface area contributed by atoms with Crippen LogP contribution in [0.1, 0.15) is 25.7 Å². The van der Waals surface area contributed by atoms with Crippen LogP contribution in [0.3, 0.4) is 0 Å². The van der Waals surface area contributed by atoms with Gasteiger partial charge in [0.1, 0.15) is 6.29 Å². The molecule has 16 heavy (non-hydrogen) atoms. The van der Waals surface area contributed by atoms with E-state index in [9.17, 15) is 9.90 Å². The van der Waals surface area contributed by atoms with Gasteiger partial charge < -0.3 is 14.6 Å². The predicted octanol–water partition coefficient (Wildman–Crippen LogP) is 0.439. The highest BCUT2D eigenvalue weighted by atomic mass is 16.5. The number of likely N-dealkylation sites (tertiary alicyclic amines) is 1. The van der Waals surface area contributed by atoms with E-state index in [1.165, 1.54) is 0 Å². The van der Waals surface area contributed by atoms with Gasteiger partial charge in [0.2, 0.25) is 0 Å². The first-order chi connectivity index (χ1) is 7.74. The van der Waals surface area contributed by atoms with Gasteiger partial charge in [0.15, 0.2) is 0 Å². The summed E-state index contributed by atoms with van der Waals surface area (Å²) in [5, 5.41) is 9.60. The van der Waals surface area contributed by atoms with E-state index in [2.05, 4.69) is 4.90 Å². The Morgan fingerprint density at radius 1 is 1.50 bits per heavy atom. The third-order valence-electron chi connectivity index (χ3n) is 3.62. The fourth-order valence-electron chi connectivity index (χ4n) is 2.75. The van der Waals surface area contributed by atoms with Crippen LogP contribution in [0.4, 0.5) is 0 Å². The van der Waals surface area contributed by atoms with Crippen molar-refractivity contribution in [3.8, 4) is 0 Å². The van der Waals surface area contributed by atoms with E-state index in [1.54, 1.807) is 0 Å². The Balaban J connectivity index is 1.92. The number of ether oxygens (including phenoxy) is 1. The van der Waals surface area contributed by atoms with Gasteiger partial charge in [-0.1, -0.05) is 0 Å². The van der Waals surface area contributed by atoms with E-state index < -0.39 is 0 Å². The first-order valence-electron chi connectivity index (χ1n) is 6.19. The van der Waals surface area contributed by atoms with Gasteiger partial charge in [-0.05, 0) is 32.2 Å². The van der Waals surface area contributed by atoms with E-state index in [0.717, 1.165) is 51.7 Å². The number of hydrogen-bond donors (Lipinski definition) is 1. The van der Waals surface area contributed by atoms with E-state index in [4.69, 9.17) is 4.74 Å². The van der Waals surface area contributed by atoms with Crippen LogP contribution >= 0.6 is 0 Å². The van der Waals surface area contributed by atoms with Crippen molar-refractivity contribution in [3.63, 3.8) is 0 Å². The van der Waals surface area contributed by atoms with E-state index >= 15 is 0 Å². The summed E-state index contributed by atoms with van der Waals surface area (Å²) < 4.78 is 5.42. The number of aliphatic hydroxyl groups is 1. The number of β-amino-alcohol motifs (C(OH)–C–C–N with tert-alkyl or cyclic N) is 1. The molecular weight excluding hydrogens is 206 g/mol. The lowest BCUT2D eigenvalue weighted by Crippen LogP contribution is -2.48. The zero-order valence-corrected chi connectivity index (χ0v) is 9.73. The molecule has 0 aromatic heterocycles. The molecule has 2 atom stereocenters. The molecule has 2 saturated heterocycles. The van der Waals surface area contributed by atoms with Crippen molar-refractivity contribution in [2.24, 2.45) is 5.41 Å². The molecule has 0 aliphatic carbocycles. The van der Waals surface area contributed by atoms with Crippen molar-refractivity contribution < 1.29 is 14.6 Å². The number of rotatable bonds is 3. The van der Waals surface area contributed by atoms with Gasteiger partial charge in [-0.3, -0.25) is 4.90 Å². The number of carbonyl (C=O) groups is 1. The molecule has 0 aromatic rings. The van der Waals surface area contributed by atoms with Crippen molar-refractivity contribution in [2.45, 2.75) is 31.8 Å². The topological polar surface area (TPSA) is 49.8 Å². The zero-order chi connectivity index (χ0) is 11.4. The molecule has 4 heteroatoms. The van der Waals surface area contributed by atoms with Gasteiger partial charge in [0.25, 0.3) is 0 Å². The molecule has 2 rings (SSSR count). The van der Waals surface area contributed by atoms with Gasteiger partial charge in [-0.15, -0.1) is 0 Å². The summed E-state index contributed by atoms with van der Waals surface area (Å²) in [5.41, 5.74) is -0.324. The zero-order valence-electron chi connectivity index (χ0n) is 9.73. The molecule has 0 spiro atoms. The fourth-order valence-corrected chi connectivity index (χ4v) is 2.75. The lowest BCUT2D eigenvalue weighted by atomic mass is 9.83. The van der Waals surface area contributed by atoms with Gasteiger partial charge >= 0.3 is 0 Å². The van der Waals surface area contributed by atoms with Crippen molar-refractivity contribution >= 4 is 6.29 Å². The molecule has 2 unspecified atom stereocenters. The molecule has 2 aliphatic rings. The smallest absolute Gasteiger partial charge is 0.129 e. The van der Waals surface area contributed by atoms with Crippen LogP contribution in [0, 0.1) is 5.41 Å². The van der Waals surface area contributed by atoms with Gasteiger partial charge in [-0.2, -0.15) is 0 Å². The molecule has 2 aliphatic heterocycles. The quantitative estimate of drug-likeness (QED) is 0.711. The molecular formula is C12H21NO3. The van der Waals surface area contributed by atoms with Gasteiger partial charge in [0.05, 0.1) is 18.1 Å². The third kappa shape index (κ3) is 2.81. The Hall–Kier alpha value is -0.450. The second kappa shape index (κ2) is 5.25. The summed E-state index contributed by atoms with van der Waals surface area (Å²) in [7, 11) is 0. The Labute approximate surface area is 96.6 Å². The Kier molecular flexibility index (Phi) is 3.95. The molecule has 0 bridgehead atoms. The van der Waals surface area contributed by atoms with Crippen molar-refractivity contribution in [3.05, 3.63) is 0 Å². The summed E-state index contributed by atoms with van der Waals surface area (Å²) in [4.78, 5) is 13.5. The number of aldehydes is 1. The minimum atomic E-state index is -0.324. The standard InChI is InChI=1S/C12H21NO3/c14-9-12(4-2-6-16-10-12)8-13-5-1-3-11(15)7-13/h9,11,15H,1-8,10H2. The second-order valence-electron chi connectivity index (χ2n) is 5.17. The lowest BCUT2D eigenvalue weighted by molar-refractivity contribution is -0.126. The third-order valence-corrected chi connectivity index (χ3v) is 3.62. The molecule has 92 valence electrons. The largest absolute Gasteiger partial charge is 0.392 e. The molecule has 0 aromatic carbocycles. The first kappa shape index (κ1) is 12.0. The minimum absolute atomic E-state index is 0.220. The van der Waals surface area contributed by atoms with Gasteiger partial charge in [0, 0.05) is 19.7 Å². The minimum Gasteiger partial charge on any atom is -0.392 e. The maximum Gasteiger partial charge on any atom is 0.129 e. The van der Waals surface area contributed by atoms with Crippen LogP contribution in [0.15, 0.2) is 0 Å². The van der Waals surface area contributed by atoms with E-state index in [0.29, 0.717) is 13.2 Å². The van der Waals surface area contributed by atoms with E-state index in [-0.39, 0.29) is 11.5 Å². The van der Waals surface area contributed by atoms with Crippen LogP contribution in [-0.4, -0.2) is 55.2 Å². The maximum absolute atomic E-state index is 11.3. The summed E-state index contributed by atoms with van der Waals surface area (Å²) in [6.07, 6.45) is 4.64. The molecule has 0 saturated carbocycles. The molecule has 0 amide bonds. The number of piperidine rings is 1. The second-order valence-corrected chi connectivity index (χ2v) is 5.17. The van der Waals surface area contributed by atoms with Crippen LogP contribution in [0.5, 0.6) is 0 Å². The van der Waals surface area contributed by atoms with Crippen LogP contribution in [0.2, 0.25) is 0 Å². The highest BCUT2D eigenvalue weighted by Crippen LogP contribution is 2.28. The molecule has 1 N–H and O–H groups in total. The monoisotopic (exact) mass is 227 g/mol. The lowest BCUT2D eigenvalue weighted by Gasteiger charge is -2.39. The summed E-state index contributed by atoms with van der Waals surface area (Å²) in [6, 6.07) is 0. The summed E-state index contributed by atoms with van der Waals surface area (Å²) in [6.45, 7) is 3.76. The van der Waals surface area contributed by atoms with Crippen molar-refractivity contribution in [1.29, 1.82) is 0 Å². The molecule has 4 nitrogen and oxygen atoms in total. The average molecular weight is 227 g/mol. The van der Waals surface area contributed by atoms with Gasteiger partial charge in [-0.25, -0.2) is 0 Å². The van der Waals surface area contributed by atoms with E-state index in [1.807, 2.05) is 0 Å². The Morgan fingerprint density at radius 2 is 2.38 bits per heavy atom. The van der Waals surface area contributed by atoms with Crippen molar-refractivity contribution in [2.75, 3.05) is 32.8 Å². The van der Waals surface area contributed by atoms with Crippen LogP contribution in [0.25, 0.3) is 0 Å². The average Bonchev–Trinajstić information content (AvgIpc) is 2.30. The molecule has 2 fully saturated rings. The Morgan fingerprint density at radius 3 is 3.00 bits per heavy atom. The number of carbonyl (C=O) groups excluding carboxylic acids is 1. The molecule has 2 heterocycles. The van der Waals surface area contributed by atoms with Crippen LogP contribution < -0.4 is 0 Å². The number of nitrogens with zero attached hydrogens (tertiary/aromatic N) is 1. The van der Waals surface area contributed by atoms with Crippen molar-refractivity contribution in [1.82, 2.24) is 4.90 Å². The summed E-state index contributed by atoms with van der Waals surface area (Å²) in [5.74, 6) is 0. The predicted molar refractivity (Wildman–Crippen MR) is 60.2 cm³/mol. The molecule has 0 radical (unpaired) electrons. The normalized spacial score (nSPS) is 37.2. The fraction of sp³-hybridized carbons (Fsp3) is 0.917. The highest BCUT2D eigenvalue weighted by molar-refractivity contribution is 5.60. The Bertz CT molecular complexity index is 238. The maximum atomic E-state index is 11.3.